The standard InChI is InChI=1S/C11H18N4O/c1-2-5-10(12)11(16)13-6-3-8-15-9-4-7-14-15/h2,4,7,9-10H,1,3,5-6,8,12H2,(H,13,16). The van der Waals surface area contributed by atoms with Crippen LogP contribution in [0.4, 0.5) is 0 Å². The topological polar surface area (TPSA) is 72.9 Å². The summed E-state index contributed by atoms with van der Waals surface area (Å²) >= 11 is 0. The Morgan fingerprint density at radius 2 is 2.50 bits per heavy atom. The summed E-state index contributed by atoms with van der Waals surface area (Å²) in [5, 5.41) is 6.84. The quantitative estimate of drug-likeness (QED) is 0.514. The van der Waals surface area contributed by atoms with E-state index in [2.05, 4.69) is 17.0 Å². The molecule has 1 aromatic rings. The molecular formula is C11H18N4O. The summed E-state index contributed by atoms with van der Waals surface area (Å²) in [7, 11) is 0. The third kappa shape index (κ3) is 4.27. The zero-order valence-corrected chi connectivity index (χ0v) is 9.30. The maximum atomic E-state index is 11.4. The van der Waals surface area contributed by atoms with Gasteiger partial charge in [-0.25, -0.2) is 0 Å². The first-order valence-electron chi connectivity index (χ1n) is 5.35. The molecule has 0 spiro atoms. The first-order valence-corrected chi connectivity index (χ1v) is 5.35. The van der Waals surface area contributed by atoms with Crippen LogP contribution in [0.5, 0.6) is 0 Å². The number of rotatable bonds is 7. The molecule has 1 heterocycles. The molecule has 1 amide bonds. The fourth-order valence-corrected chi connectivity index (χ4v) is 1.30. The molecule has 0 radical (unpaired) electrons. The molecule has 0 fully saturated rings. The Morgan fingerprint density at radius 1 is 1.69 bits per heavy atom. The lowest BCUT2D eigenvalue weighted by molar-refractivity contribution is -0.122. The fraction of sp³-hybridized carbons (Fsp3) is 0.455. The highest BCUT2D eigenvalue weighted by Gasteiger charge is 2.09. The van der Waals surface area contributed by atoms with Gasteiger partial charge in [-0.15, -0.1) is 6.58 Å². The predicted molar refractivity (Wildman–Crippen MR) is 62.6 cm³/mol. The van der Waals surface area contributed by atoms with Gasteiger partial charge in [-0.1, -0.05) is 6.08 Å². The average molecular weight is 222 g/mol. The molecule has 3 N–H and O–H groups in total. The van der Waals surface area contributed by atoms with E-state index >= 15 is 0 Å². The van der Waals surface area contributed by atoms with Crippen molar-refractivity contribution in [2.24, 2.45) is 5.73 Å². The lowest BCUT2D eigenvalue weighted by atomic mass is 10.2. The minimum atomic E-state index is -0.484. The monoisotopic (exact) mass is 222 g/mol. The number of nitrogens with one attached hydrogen (secondary N) is 1. The summed E-state index contributed by atoms with van der Waals surface area (Å²) in [6, 6.07) is 1.39. The molecule has 1 aromatic heterocycles. The summed E-state index contributed by atoms with van der Waals surface area (Å²) in [6.45, 7) is 4.95. The van der Waals surface area contributed by atoms with Gasteiger partial charge < -0.3 is 11.1 Å². The molecule has 5 nitrogen and oxygen atoms in total. The van der Waals surface area contributed by atoms with Gasteiger partial charge in [0.25, 0.3) is 0 Å². The van der Waals surface area contributed by atoms with Crippen molar-refractivity contribution in [1.29, 1.82) is 0 Å². The first kappa shape index (κ1) is 12.4. The Hall–Kier alpha value is -1.62. The second-order valence-corrected chi connectivity index (χ2v) is 3.54. The zero-order chi connectivity index (χ0) is 11.8. The molecule has 0 aliphatic carbocycles. The van der Waals surface area contributed by atoms with Crippen LogP contribution in [0.15, 0.2) is 31.1 Å². The molecule has 5 heteroatoms. The number of amides is 1. The number of carbonyl (C=O) groups is 1. The van der Waals surface area contributed by atoms with Gasteiger partial charge in [0, 0.05) is 25.5 Å². The summed E-state index contributed by atoms with van der Waals surface area (Å²) in [6.07, 6.45) is 6.62. The number of nitrogens with two attached hydrogens (primary N) is 1. The van der Waals surface area contributed by atoms with Crippen LogP contribution in [0.25, 0.3) is 0 Å². The largest absolute Gasteiger partial charge is 0.355 e. The molecule has 0 saturated heterocycles. The highest BCUT2D eigenvalue weighted by atomic mass is 16.2. The highest BCUT2D eigenvalue weighted by Crippen LogP contribution is 1.91. The van der Waals surface area contributed by atoms with Crippen molar-refractivity contribution in [1.82, 2.24) is 15.1 Å². The molecule has 0 aliphatic heterocycles. The van der Waals surface area contributed by atoms with Crippen LogP contribution in [-0.2, 0) is 11.3 Å². The van der Waals surface area contributed by atoms with E-state index < -0.39 is 6.04 Å². The van der Waals surface area contributed by atoms with Gasteiger partial charge in [0.15, 0.2) is 0 Å². The third-order valence-electron chi connectivity index (χ3n) is 2.18. The lowest BCUT2D eigenvalue weighted by Crippen LogP contribution is -2.40. The zero-order valence-electron chi connectivity index (χ0n) is 9.30. The van der Waals surface area contributed by atoms with Crippen LogP contribution < -0.4 is 11.1 Å². The summed E-state index contributed by atoms with van der Waals surface area (Å²) < 4.78 is 1.83. The van der Waals surface area contributed by atoms with Crippen molar-refractivity contribution in [3.63, 3.8) is 0 Å². The lowest BCUT2D eigenvalue weighted by Gasteiger charge is -2.10. The molecular weight excluding hydrogens is 204 g/mol. The minimum absolute atomic E-state index is 0.125. The van der Waals surface area contributed by atoms with Gasteiger partial charge in [0.05, 0.1) is 6.04 Å². The molecule has 16 heavy (non-hydrogen) atoms. The molecule has 88 valence electrons. The van der Waals surface area contributed by atoms with Crippen LogP contribution in [-0.4, -0.2) is 28.3 Å². The number of aryl methyl sites for hydroxylation is 1. The van der Waals surface area contributed by atoms with Crippen LogP contribution in [0, 0.1) is 0 Å². The fourth-order valence-electron chi connectivity index (χ4n) is 1.30. The van der Waals surface area contributed by atoms with Crippen LogP contribution in [0.3, 0.4) is 0 Å². The second kappa shape index (κ2) is 6.79. The molecule has 1 atom stereocenters. The molecule has 0 aromatic carbocycles. The third-order valence-corrected chi connectivity index (χ3v) is 2.18. The van der Waals surface area contributed by atoms with Crippen LogP contribution in [0.1, 0.15) is 12.8 Å². The van der Waals surface area contributed by atoms with Gasteiger partial charge >= 0.3 is 0 Å². The Labute approximate surface area is 95.3 Å². The number of hydrogen-bond donors (Lipinski definition) is 2. The molecule has 0 aliphatic rings. The predicted octanol–water partition coefficient (Wildman–Crippen LogP) is 0.293. The Bertz CT molecular complexity index is 321. The van der Waals surface area contributed by atoms with Crippen molar-refractivity contribution in [3.8, 4) is 0 Å². The maximum absolute atomic E-state index is 11.4. The molecule has 1 unspecified atom stereocenters. The molecule has 1 rings (SSSR count). The van der Waals surface area contributed by atoms with Crippen molar-refractivity contribution < 1.29 is 4.79 Å². The Balaban J connectivity index is 2.11. The van der Waals surface area contributed by atoms with E-state index in [9.17, 15) is 4.79 Å². The van der Waals surface area contributed by atoms with E-state index in [1.54, 1.807) is 12.3 Å². The number of aromatic nitrogens is 2. The summed E-state index contributed by atoms with van der Waals surface area (Å²) in [4.78, 5) is 11.4. The number of carbonyl (C=O) groups excluding carboxylic acids is 1. The van der Waals surface area contributed by atoms with Gasteiger partial charge in [-0.2, -0.15) is 5.10 Å². The van der Waals surface area contributed by atoms with Gasteiger partial charge in [0.1, 0.15) is 0 Å². The van der Waals surface area contributed by atoms with Crippen molar-refractivity contribution in [2.45, 2.75) is 25.4 Å². The highest BCUT2D eigenvalue weighted by molar-refractivity contribution is 5.81. The van der Waals surface area contributed by atoms with Crippen LogP contribution >= 0.6 is 0 Å². The van der Waals surface area contributed by atoms with E-state index in [1.807, 2.05) is 16.9 Å². The van der Waals surface area contributed by atoms with Gasteiger partial charge in [0.2, 0.25) is 5.91 Å². The molecule has 0 saturated carbocycles. The van der Waals surface area contributed by atoms with Crippen LogP contribution in [0.2, 0.25) is 0 Å². The van der Waals surface area contributed by atoms with E-state index in [0.717, 1.165) is 13.0 Å². The number of hydrogen-bond acceptors (Lipinski definition) is 3. The summed E-state index contributed by atoms with van der Waals surface area (Å²) in [5.41, 5.74) is 5.60. The van der Waals surface area contributed by atoms with E-state index in [1.165, 1.54) is 0 Å². The van der Waals surface area contributed by atoms with E-state index in [-0.39, 0.29) is 5.91 Å². The Kier molecular flexibility index (Phi) is 5.28. The second-order valence-electron chi connectivity index (χ2n) is 3.54. The first-order chi connectivity index (χ1) is 7.74. The van der Waals surface area contributed by atoms with Crippen molar-refractivity contribution >= 4 is 5.91 Å². The summed E-state index contributed by atoms with van der Waals surface area (Å²) in [5.74, 6) is -0.125. The van der Waals surface area contributed by atoms with Crippen molar-refractivity contribution in [2.75, 3.05) is 6.54 Å². The Morgan fingerprint density at radius 3 is 3.12 bits per heavy atom. The SMILES string of the molecule is C=CCC(N)C(=O)NCCCn1cccn1. The smallest absolute Gasteiger partial charge is 0.237 e. The van der Waals surface area contributed by atoms with E-state index in [0.29, 0.717) is 13.0 Å². The van der Waals surface area contributed by atoms with Gasteiger partial charge in [-0.3, -0.25) is 9.48 Å². The van der Waals surface area contributed by atoms with Gasteiger partial charge in [-0.05, 0) is 18.9 Å². The average Bonchev–Trinajstić information content (AvgIpc) is 2.77. The molecule has 0 bridgehead atoms. The number of nitrogens with zero attached hydrogens (tertiary/aromatic N) is 2. The van der Waals surface area contributed by atoms with Crippen molar-refractivity contribution in [3.05, 3.63) is 31.1 Å². The maximum Gasteiger partial charge on any atom is 0.237 e. The van der Waals surface area contributed by atoms with E-state index in [4.69, 9.17) is 5.73 Å². The normalized spacial score (nSPS) is 12.1. The minimum Gasteiger partial charge on any atom is -0.355 e.